The third kappa shape index (κ3) is 2.08. The second-order valence-electron chi connectivity index (χ2n) is 2.53. The third-order valence-corrected chi connectivity index (χ3v) is 1.70. The topological polar surface area (TPSA) is 70.0 Å². The van der Waals surface area contributed by atoms with Crippen LogP contribution in [0.15, 0.2) is 35.9 Å². The Hall–Kier alpha value is -1.79. The fraction of sp³-hybridized carbons (Fsp3) is 0.100. The van der Waals surface area contributed by atoms with E-state index in [1.54, 1.807) is 12.1 Å². The molecule has 0 fully saturated rings. The van der Waals surface area contributed by atoms with E-state index in [-0.39, 0.29) is 12.2 Å². The fourth-order valence-electron chi connectivity index (χ4n) is 0.973. The van der Waals surface area contributed by atoms with Crippen LogP contribution in [-0.4, -0.2) is 11.7 Å². The van der Waals surface area contributed by atoms with Gasteiger partial charge in [-0.3, -0.25) is 0 Å². The van der Waals surface area contributed by atoms with E-state index in [9.17, 15) is 0 Å². The highest BCUT2D eigenvalue weighted by atomic mass is 16.3. The van der Waals surface area contributed by atoms with Crippen molar-refractivity contribution in [3.05, 3.63) is 41.5 Å². The SMILES string of the molecule is N#CC(CO)=C(N)c1ccccc1. The Morgan fingerprint density at radius 3 is 2.46 bits per heavy atom. The Morgan fingerprint density at radius 2 is 2.00 bits per heavy atom. The summed E-state index contributed by atoms with van der Waals surface area (Å²) in [4.78, 5) is 0. The standard InChI is InChI=1S/C10H10N2O/c11-6-9(7-13)10(12)8-4-2-1-3-5-8/h1-5,13H,7,12H2. The summed E-state index contributed by atoms with van der Waals surface area (Å²) in [5.41, 5.74) is 6.95. The van der Waals surface area contributed by atoms with Crippen LogP contribution < -0.4 is 5.73 Å². The van der Waals surface area contributed by atoms with Crippen molar-refractivity contribution < 1.29 is 5.11 Å². The molecule has 3 nitrogen and oxygen atoms in total. The predicted octanol–water partition coefficient (Wildman–Crippen LogP) is 0.872. The molecular weight excluding hydrogens is 164 g/mol. The van der Waals surface area contributed by atoms with Gasteiger partial charge in [0.15, 0.2) is 0 Å². The van der Waals surface area contributed by atoms with Crippen LogP contribution in [0.4, 0.5) is 0 Å². The van der Waals surface area contributed by atoms with Gasteiger partial charge < -0.3 is 10.8 Å². The van der Waals surface area contributed by atoms with Crippen molar-refractivity contribution in [2.24, 2.45) is 5.73 Å². The summed E-state index contributed by atoms with van der Waals surface area (Å²) in [5, 5.41) is 17.4. The van der Waals surface area contributed by atoms with Crippen LogP contribution in [0.2, 0.25) is 0 Å². The van der Waals surface area contributed by atoms with Gasteiger partial charge in [-0.2, -0.15) is 5.26 Å². The summed E-state index contributed by atoms with van der Waals surface area (Å²) in [7, 11) is 0. The molecule has 0 aromatic heterocycles. The van der Waals surface area contributed by atoms with E-state index in [2.05, 4.69) is 0 Å². The smallest absolute Gasteiger partial charge is 0.0993 e. The lowest BCUT2D eigenvalue weighted by Crippen LogP contribution is -2.03. The first-order valence-corrected chi connectivity index (χ1v) is 3.84. The Bertz CT molecular complexity index is 349. The molecule has 0 aliphatic rings. The van der Waals surface area contributed by atoms with Crippen molar-refractivity contribution in [2.45, 2.75) is 0 Å². The van der Waals surface area contributed by atoms with Crippen LogP contribution >= 0.6 is 0 Å². The molecule has 0 amide bonds. The van der Waals surface area contributed by atoms with Gasteiger partial charge in [-0.25, -0.2) is 0 Å². The van der Waals surface area contributed by atoms with Gasteiger partial charge in [-0.1, -0.05) is 30.3 Å². The van der Waals surface area contributed by atoms with E-state index >= 15 is 0 Å². The number of hydrogen-bond donors (Lipinski definition) is 2. The summed E-state index contributed by atoms with van der Waals surface area (Å²) in [6.45, 7) is -0.322. The highest BCUT2D eigenvalue weighted by Gasteiger charge is 2.02. The molecule has 3 N–H and O–H groups in total. The molecule has 1 aromatic rings. The molecule has 0 unspecified atom stereocenters. The second kappa shape index (κ2) is 4.29. The van der Waals surface area contributed by atoms with Gasteiger partial charge in [0.25, 0.3) is 0 Å². The Balaban J connectivity index is 3.11. The first kappa shape index (κ1) is 9.30. The minimum absolute atomic E-state index is 0.200. The molecule has 1 aromatic carbocycles. The van der Waals surface area contributed by atoms with Gasteiger partial charge in [0, 0.05) is 0 Å². The van der Waals surface area contributed by atoms with Crippen molar-refractivity contribution >= 4 is 5.70 Å². The van der Waals surface area contributed by atoms with Crippen molar-refractivity contribution in [1.29, 1.82) is 5.26 Å². The lowest BCUT2D eigenvalue weighted by molar-refractivity contribution is 0.336. The zero-order valence-electron chi connectivity index (χ0n) is 7.07. The molecule has 0 radical (unpaired) electrons. The van der Waals surface area contributed by atoms with E-state index in [0.717, 1.165) is 5.56 Å². The lowest BCUT2D eigenvalue weighted by atomic mass is 10.1. The summed E-state index contributed by atoms with van der Waals surface area (Å²) in [5.74, 6) is 0. The highest BCUT2D eigenvalue weighted by molar-refractivity contribution is 5.69. The number of rotatable bonds is 2. The van der Waals surface area contributed by atoms with Crippen molar-refractivity contribution in [2.75, 3.05) is 6.61 Å². The summed E-state index contributed by atoms with van der Waals surface area (Å²) in [6.07, 6.45) is 0. The van der Waals surface area contributed by atoms with Gasteiger partial charge in [0.2, 0.25) is 0 Å². The summed E-state index contributed by atoms with van der Waals surface area (Å²) >= 11 is 0. The van der Waals surface area contributed by atoms with E-state index in [1.807, 2.05) is 24.3 Å². The number of hydrogen-bond acceptors (Lipinski definition) is 3. The maximum atomic E-state index is 8.80. The number of aliphatic hydroxyl groups excluding tert-OH is 1. The summed E-state index contributed by atoms with van der Waals surface area (Å²) in [6, 6.07) is 11.0. The van der Waals surface area contributed by atoms with Gasteiger partial charge >= 0.3 is 0 Å². The Labute approximate surface area is 76.7 Å². The third-order valence-electron chi connectivity index (χ3n) is 1.70. The quantitative estimate of drug-likeness (QED) is 0.653. The molecule has 66 valence electrons. The molecule has 0 aliphatic carbocycles. The Kier molecular flexibility index (Phi) is 3.07. The second-order valence-corrected chi connectivity index (χ2v) is 2.53. The van der Waals surface area contributed by atoms with Crippen molar-refractivity contribution in [3.8, 4) is 6.07 Å². The predicted molar refractivity (Wildman–Crippen MR) is 50.2 cm³/mol. The number of nitriles is 1. The van der Waals surface area contributed by atoms with Crippen LogP contribution in [0.5, 0.6) is 0 Å². The molecule has 0 saturated carbocycles. The zero-order valence-corrected chi connectivity index (χ0v) is 7.07. The molecule has 3 heteroatoms. The average molecular weight is 174 g/mol. The maximum Gasteiger partial charge on any atom is 0.0993 e. The maximum absolute atomic E-state index is 8.80. The molecular formula is C10H10N2O. The number of nitrogens with zero attached hydrogens (tertiary/aromatic N) is 1. The molecule has 1 rings (SSSR count). The van der Waals surface area contributed by atoms with Crippen LogP contribution in [0.1, 0.15) is 5.56 Å². The van der Waals surface area contributed by atoms with Crippen LogP contribution in [0.3, 0.4) is 0 Å². The van der Waals surface area contributed by atoms with Crippen LogP contribution in [0, 0.1) is 11.3 Å². The fourth-order valence-corrected chi connectivity index (χ4v) is 0.973. The van der Waals surface area contributed by atoms with E-state index < -0.39 is 0 Å². The highest BCUT2D eigenvalue weighted by Crippen LogP contribution is 2.11. The van der Waals surface area contributed by atoms with E-state index in [4.69, 9.17) is 16.1 Å². The number of benzene rings is 1. The average Bonchev–Trinajstić information content (AvgIpc) is 2.21. The molecule has 0 saturated heterocycles. The van der Waals surface area contributed by atoms with Gasteiger partial charge in [0.1, 0.15) is 0 Å². The van der Waals surface area contributed by atoms with E-state index in [1.165, 1.54) is 0 Å². The number of nitrogens with two attached hydrogens (primary N) is 1. The van der Waals surface area contributed by atoms with Crippen LogP contribution in [-0.2, 0) is 0 Å². The first-order valence-electron chi connectivity index (χ1n) is 3.84. The number of aliphatic hydroxyl groups is 1. The monoisotopic (exact) mass is 174 g/mol. The van der Waals surface area contributed by atoms with Crippen molar-refractivity contribution in [1.82, 2.24) is 0 Å². The molecule has 0 aliphatic heterocycles. The summed E-state index contributed by atoms with van der Waals surface area (Å²) < 4.78 is 0. The first-order chi connectivity index (χ1) is 6.29. The van der Waals surface area contributed by atoms with Crippen molar-refractivity contribution in [3.63, 3.8) is 0 Å². The molecule has 0 bridgehead atoms. The molecule has 0 spiro atoms. The normalized spacial score (nSPS) is 11.7. The van der Waals surface area contributed by atoms with Crippen LogP contribution in [0.25, 0.3) is 5.70 Å². The van der Waals surface area contributed by atoms with Gasteiger partial charge in [-0.05, 0) is 5.56 Å². The molecule has 13 heavy (non-hydrogen) atoms. The van der Waals surface area contributed by atoms with Gasteiger partial charge in [0.05, 0.1) is 23.9 Å². The molecule has 0 heterocycles. The largest absolute Gasteiger partial charge is 0.397 e. The molecule has 0 atom stereocenters. The minimum Gasteiger partial charge on any atom is -0.397 e. The minimum atomic E-state index is -0.322. The zero-order chi connectivity index (χ0) is 9.68. The Morgan fingerprint density at radius 1 is 1.38 bits per heavy atom. The van der Waals surface area contributed by atoms with E-state index in [0.29, 0.717) is 5.70 Å². The lowest BCUT2D eigenvalue weighted by Gasteiger charge is -2.02. The van der Waals surface area contributed by atoms with Gasteiger partial charge in [-0.15, -0.1) is 0 Å².